The maximum atomic E-state index is 12.9. The Hall–Kier alpha value is -1.93. The third-order valence-corrected chi connectivity index (χ3v) is 7.39. The van der Waals surface area contributed by atoms with Gasteiger partial charge in [0.05, 0.1) is 4.90 Å². The van der Waals surface area contributed by atoms with E-state index in [1.807, 2.05) is 13.0 Å². The molecule has 2 fully saturated rings. The van der Waals surface area contributed by atoms with Crippen molar-refractivity contribution in [1.82, 2.24) is 9.21 Å². The minimum atomic E-state index is -3.59. The van der Waals surface area contributed by atoms with Gasteiger partial charge in [0.1, 0.15) is 6.54 Å². The van der Waals surface area contributed by atoms with Crippen molar-refractivity contribution in [2.45, 2.75) is 50.5 Å². The van der Waals surface area contributed by atoms with E-state index in [1.165, 1.54) is 9.21 Å². The van der Waals surface area contributed by atoms with Crippen molar-refractivity contribution in [3.63, 3.8) is 0 Å². The lowest BCUT2D eigenvalue weighted by Gasteiger charge is -2.33. The summed E-state index contributed by atoms with van der Waals surface area (Å²) < 4.78 is 27.3. The van der Waals surface area contributed by atoms with Crippen molar-refractivity contribution in [2.24, 2.45) is 5.92 Å². The fourth-order valence-corrected chi connectivity index (χ4v) is 5.40. The van der Waals surface area contributed by atoms with Crippen LogP contribution in [0.3, 0.4) is 0 Å². The SMILES string of the molecule is Cc1ccc(S(=O)(=O)N2CCC(C(=O)N(CC(=O)O)C3CC3)CC2)c(C)c1. The number of hydrogen-bond donors (Lipinski definition) is 1. The van der Waals surface area contributed by atoms with Crippen molar-refractivity contribution < 1.29 is 23.1 Å². The van der Waals surface area contributed by atoms with E-state index in [4.69, 9.17) is 5.11 Å². The molecular weight excluding hydrogens is 368 g/mol. The van der Waals surface area contributed by atoms with E-state index >= 15 is 0 Å². The molecule has 3 rings (SSSR count). The molecule has 148 valence electrons. The van der Waals surface area contributed by atoms with Crippen LogP contribution >= 0.6 is 0 Å². The average Bonchev–Trinajstić information content (AvgIpc) is 3.43. The summed E-state index contributed by atoms with van der Waals surface area (Å²) in [4.78, 5) is 25.5. The molecule has 1 amide bonds. The zero-order chi connectivity index (χ0) is 19.8. The summed E-state index contributed by atoms with van der Waals surface area (Å²) in [6, 6.07) is 5.31. The number of aliphatic carboxylic acids is 1. The Morgan fingerprint density at radius 3 is 2.30 bits per heavy atom. The molecule has 1 aromatic rings. The first-order valence-electron chi connectivity index (χ1n) is 9.30. The number of benzene rings is 1. The van der Waals surface area contributed by atoms with Crippen LogP contribution in [0, 0.1) is 19.8 Å². The summed E-state index contributed by atoms with van der Waals surface area (Å²) in [5, 5.41) is 9.05. The highest BCUT2D eigenvalue weighted by Crippen LogP contribution is 2.31. The van der Waals surface area contributed by atoms with Crippen LogP contribution in [0.5, 0.6) is 0 Å². The maximum Gasteiger partial charge on any atom is 0.323 e. The van der Waals surface area contributed by atoms with Crippen molar-refractivity contribution in [1.29, 1.82) is 0 Å². The number of sulfonamides is 1. The number of aryl methyl sites for hydroxylation is 2. The summed E-state index contributed by atoms with van der Waals surface area (Å²) >= 11 is 0. The summed E-state index contributed by atoms with van der Waals surface area (Å²) in [7, 11) is -3.59. The van der Waals surface area contributed by atoms with E-state index in [-0.39, 0.29) is 37.5 Å². The van der Waals surface area contributed by atoms with Gasteiger partial charge in [-0.15, -0.1) is 0 Å². The maximum absolute atomic E-state index is 12.9. The van der Waals surface area contributed by atoms with Crippen LogP contribution in [0.4, 0.5) is 0 Å². The molecule has 2 aliphatic rings. The Morgan fingerprint density at radius 2 is 1.78 bits per heavy atom. The first kappa shape index (κ1) is 19.8. The Kier molecular flexibility index (Phi) is 5.58. The van der Waals surface area contributed by atoms with E-state index in [2.05, 4.69) is 0 Å². The zero-order valence-electron chi connectivity index (χ0n) is 15.7. The summed E-state index contributed by atoms with van der Waals surface area (Å²) in [6.45, 7) is 3.98. The van der Waals surface area contributed by atoms with Crippen molar-refractivity contribution >= 4 is 21.9 Å². The fourth-order valence-electron chi connectivity index (χ4n) is 3.72. The molecule has 0 atom stereocenters. The van der Waals surface area contributed by atoms with Crippen molar-refractivity contribution in [2.75, 3.05) is 19.6 Å². The van der Waals surface area contributed by atoms with E-state index < -0.39 is 16.0 Å². The van der Waals surface area contributed by atoms with Crippen LogP contribution in [0.25, 0.3) is 0 Å². The van der Waals surface area contributed by atoms with Crippen LogP contribution in [-0.4, -0.2) is 60.3 Å². The molecule has 1 aliphatic carbocycles. The van der Waals surface area contributed by atoms with E-state index in [9.17, 15) is 18.0 Å². The van der Waals surface area contributed by atoms with Crippen LogP contribution in [0.15, 0.2) is 23.1 Å². The number of nitrogens with zero attached hydrogens (tertiary/aromatic N) is 2. The van der Waals surface area contributed by atoms with Gasteiger partial charge in [0.25, 0.3) is 0 Å². The van der Waals surface area contributed by atoms with E-state index in [0.717, 1.165) is 24.0 Å². The second kappa shape index (κ2) is 7.59. The van der Waals surface area contributed by atoms with E-state index in [0.29, 0.717) is 17.7 Å². The van der Waals surface area contributed by atoms with Crippen LogP contribution in [0.1, 0.15) is 36.8 Å². The van der Waals surface area contributed by atoms with Gasteiger partial charge in [0, 0.05) is 25.0 Å². The first-order chi connectivity index (χ1) is 12.7. The molecule has 1 saturated heterocycles. The van der Waals surface area contributed by atoms with Gasteiger partial charge in [-0.3, -0.25) is 9.59 Å². The van der Waals surface area contributed by atoms with Gasteiger partial charge in [-0.2, -0.15) is 4.31 Å². The van der Waals surface area contributed by atoms with Crippen LogP contribution in [0.2, 0.25) is 0 Å². The summed E-state index contributed by atoms with van der Waals surface area (Å²) in [5.74, 6) is -1.47. The largest absolute Gasteiger partial charge is 0.480 e. The molecule has 1 saturated carbocycles. The molecule has 0 bridgehead atoms. The average molecular weight is 394 g/mol. The Labute approximate surface area is 160 Å². The molecule has 1 N–H and O–H groups in total. The number of carboxylic acid groups (broad SMARTS) is 1. The molecule has 1 aromatic carbocycles. The normalized spacial score (nSPS) is 19.0. The summed E-state index contributed by atoms with van der Waals surface area (Å²) in [6.07, 6.45) is 2.54. The highest BCUT2D eigenvalue weighted by Gasteiger charge is 2.39. The van der Waals surface area contributed by atoms with Gasteiger partial charge in [0.2, 0.25) is 15.9 Å². The zero-order valence-corrected chi connectivity index (χ0v) is 16.5. The highest BCUT2D eigenvalue weighted by molar-refractivity contribution is 7.89. The second-order valence-electron chi connectivity index (χ2n) is 7.54. The minimum Gasteiger partial charge on any atom is -0.480 e. The quantitative estimate of drug-likeness (QED) is 0.794. The molecule has 8 heteroatoms. The van der Waals surface area contributed by atoms with Gasteiger partial charge >= 0.3 is 5.97 Å². The molecule has 0 radical (unpaired) electrons. The fraction of sp³-hybridized carbons (Fsp3) is 0.579. The highest BCUT2D eigenvalue weighted by atomic mass is 32.2. The van der Waals surface area contributed by atoms with Crippen LogP contribution < -0.4 is 0 Å². The van der Waals surface area contributed by atoms with Crippen LogP contribution in [-0.2, 0) is 19.6 Å². The lowest BCUT2D eigenvalue weighted by molar-refractivity contribution is -0.147. The van der Waals surface area contributed by atoms with Gasteiger partial charge in [-0.25, -0.2) is 8.42 Å². The van der Waals surface area contributed by atoms with Crippen molar-refractivity contribution in [3.8, 4) is 0 Å². The number of piperidine rings is 1. The van der Waals surface area contributed by atoms with Gasteiger partial charge in [-0.1, -0.05) is 17.7 Å². The molecule has 27 heavy (non-hydrogen) atoms. The standard InChI is InChI=1S/C19H26N2O5S/c1-13-3-6-17(14(2)11-13)27(25,26)20-9-7-15(8-10-20)19(24)21(12-18(22)23)16-4-5-16/h3,6,11,15-16H,4-5,7-10,12H2,1-2H3,(H,22,23). The van der Waals surface area contributed by atoms with E-state index in [1.54, 1.807) is 19.1 Å². The molecule has 1 aliphatic heterocycles. The minimum absolute atomic E-state index is 0.0329. The third-order valence-electron chi connectivity index (χ3n) is 5.33. The number of carbonyl (C=O) groups is 2. The first-order valence-corrected chi connectivity index (χ1v) is 10.7. The molecule has 0 spiro atoms. The van der Waals surface area contributed by atoms with Gasteiger partial charge < -0.3 is 10.0 Å². The smallest absolute Gasteiger partial charge is 0.323 e. The second-order valence-corrected chi connectivity index (χ2v) is 9.44. The molecule has 7 nitrogen and oxygen atoms in total. The Bertz CT molecular complexity index is 840. The Balaban J connectivity index is 1.67. The summed E-state index contributed by atoms with van der Waals surface area (Å²) in [5.41, 5.74) is 1.73. The predicted octanol–water partition coefficient (Wildman–Crippen LogP) is 1.78. The molecule has 0 aromatic heterocycles. The van der Waals surface area contributed by atoms with Crippen molar-refractivity contribution in [3.05, 3.63) is 29.3 Å². The molecule has 1 heterocycles. The number of amides is 1. The Morgan fingerprint density at radius 1 is 1.15 bits per heavy atom. The van der Waals surface area contributed by atoms with Gasteiger partial charge in [-0.05, 0) is 51.2 Å². The third kappa shape index (κ3) is 4.32. The number of hydrogen-bond acceptors (Lipinski definition) is 4. The number of rotatable bonds is 6. The predicted molar refractivity (Wildman–Crippen MR) is 99.8 cm³/mol. The lowest BCUT2D eigenvalue weighted by atomic mass is 9.96. The molecule has 0 unspecified atom stereocenters. The molecular formula is C19H26N2O5S. The van der Waals surface area contributed by atoms with Gasteiger partial charge in [0.15, 0.2) is 0 Å². The topological polar surface area (TPSA) is 95.0 Å². The lowest BCUT2D eigenvalue weighted by Crippen LogP contribution is -2.46. The monoisotopic (exact) mass is 394 g/mol. The number of carbonyl (C=O) groups excluding carboxylic acids is 1. The number of carboxylic acids is 1.